The van der Waals surface area contributed by atoms with E-state index in [1.807, 2.05) is 0 Å². The molecule has 0 aromatic rings. The molecule has 3 heteroatoms. The van der Waals surface area contributed by atoms with E-state index < -0.39 is 0 Å². The summed E-state index contributed by atoms with van der Waals surface area (Å²) in [6.07, 6.45) is 2.58. The van der Waals surface area contributed by atoms with Gasteiger partial charge in [0.2, 0.25) is 0 Å². The van der Waals surface area contributed by atoms with Crippen molar-refractivity contribution >= 4 is 5.96 Å². The second kappa shape index (κ2) is 17.9. The smallest absolute Gasteiger partial charge is 0.191 e. The predicted molar refractivity (Wildman–Crippen MR) is 185 cm³/mol. The van der Waals surface area contributed by atoms with Crippen molar-refractivity contribution in [2.24, 2.45) is 37.5 Å². The lowest BCUT2D eigenvalue weighted by atomic mass is 9.71. The summed E-state index contributed by atoms with van der Waals surface area (Å²) in [4.78, 5) is 4.45. The Kier molecular flexibility index (Phi) is 20.8. The van der Waals surface area contributed by atoms with Crippen LogP contribution < -0.4 is 10.6 Å². The van der Waals surface area contributed by atoms with Crippen LogP contribution in [0.4, 0.5) is 0 Å². The quantitative estimate of drug-likeness (QED) is 0.268. The van der Waals surface area contributed by atoms with Crippen molar-refractivity contribution in [3.05, 3.63) is 0 Å². The molecule has 0 fully saturated rings. The Balaban J connectivity index is -0.000000214. The Hall–Kier alpha value is -0.730. The van der Waals surface area contributed by atoms with Gasteiger partial charge in [-0.25, -0.2) is 0 Å². The van der Waals surface area contributed by atoms with Gasteiger partial charge in [-0.1, -0.05) is 125 Å². The van der Waals surface area contributed by atoms with Gasteiger partial charge in [-0.2, -0.15) is 0 Å². The van der Waals surface area contributed by atoms with Crippen molar-refractivity contribution in [3.63, 3.8) is 0 Å². The molecule has 0 radical (unpaired) electrons. The molecule has 39 heavy (non-hydrogen) atoms. The van der Waals surface area contributed by atoms with Crippen LogP contribution in [0.25, 0.3) is 0 Å². The molecule has 0 aliphatic carbocycles. The molecule has 0 aliphatic heterocycles. The van der Waals surface area contributed by atoms with E-state index in [0.717, 1.165) is 5.96 Å². The van der Waals surface area contributed by atoms with E-state index in [1.165, 1.54) is 12.8 Å². The third-order valence-corrected chi connectivity index (χ3v) is 5.61. The van der Waals surface area contributed by atoms with E-state index in [2.05, 4.69) is 182 Å². The summed E-state index contributed by atoms with van der Waals surface area (Å²) in [5, 5.41) is 6.56. The summed E-state index contributed by atoms with van der Waals surface area (Å²) in [5.74, 6) is 0.903. The summed E-state index contributed by atoms with van der Waals surface area (Å²) in [6, 6.07) is 1.17. The van der Waals surface area contributed by atoms with Crippen molar-refractivity contribution in [2.75, 3.05) is 0 Å². The fraction of sp³-hybridized carbons (Fsp3) is 0.972. The minimum Gasteiger partial charge on any atom is -0.354 e. The van der Waals surface area contributed by atoms with Crippen LogP contribution in [0.5, 0.6) is 0 Å². The minimum absolute atomic E-state index is 0.326. The predicted octanol–water partition coefficient (Wildman–Crippen LogP) is 11.8. The van der Waals surface area contributed by atoms with Crippen molar-refractivity contribution in [1.29, 1.82) is 0 Å². The first-order valence-electron chi connectivity index (χ1n) is 15.7. The SMILES string of the molecule is CC(C)(C)C(C)(C)C.CC(C)(C)CC(C)(C)C.CC(C)(C)CC(C)(C)C.CC(C)N=C(NC(C)C)NC(C)C. The third-order valence-electron chi connectivity index (χ3n) is 5.61. The Morgan fingerprint density at radius 3 is 0.718 bits per heavy atom. The maximum atomic E-state index is 4.45. The summed E-state index contributed by atoms with van der Waals surface area (Å²) < 4.78 is 0. The van der Waals surface area contributed by atoms with Gasteiger partial charge in [0, 0.05) is 18.1 Å². The molecule has 0 rings (SSSR count). The maximum Gasteiger partial charge on any atom is 0.191 e. The standard InChI is InChI=1S/C10H23N3.2C9H20.C8H18/c1-7(2)11-10(12-8(3)4)13-9(5)6;2*1-8(2,3)7-9(4,5)6;1-7(2,3)8(4,5)6/h7-9H,1-6H3,(H2,11,12,13);2*7H2,1-6H3;1-6H3. The third kappa shape index (κ3) is 44.5. The normalized spacial score (nSPS) is 13.0. The van der Waals surface area contributed by atoms with Gasteiger partial charge < -0.3 is 10.6 Å². The Morgan fingerprint density at radius 2 is 0.641 bits per heavy atom. The summed E-state index contributed by atoms with van der Waals surface area (Å²) in [7, 11) is 0. The summed E-state index contributed by atoms with van der Waals surface area (Å²) >= 11 is 0. The van der Waals surface area contributed by atoms with Gasteiger partial charge in [-0.3, -0.25) is 4.99 Å². The van der Waals surface area contributed by atoms with Gasteiger partial charge >= 0.3 is 0 Å². The van der Waals surface area contributed by atoms with Crippen LogP contribution in [0.15, 0.2) is 4.99 Å². The fourth-order valence-corrected chi connectivity index (χ4v) is 4.10. The van der Waals surface area contributed by atoms with Crippen molar-refractivity contribution in [3.8, 4) is 0 Å². The van der Waals surface area contributed by atoms with E-state index >= 15 is 0 Å². The Labute approximate surface area is 251 Å². The zero-order valence-corrected chi connectivity index (χ0v) is 32.1. The van der Waals surface area contributed by atoms with Crippen LogP contribution in [0.2, 0.25) is 0 Å². The summed E-state index contributed by atoms with van der Waals surface area (Å²) in [5.41, 5.74) is 2.81. The highest BCUT2D eigenvalue weighted by atomic mass is 15.2. The lowest BCUT2D eigenvalue weighted by Crippen LogP contribution is -2.44. The maximum absolute atomic E-state index is 4.45. The zero-order chi connectivity index (χ0) is 32.8. The van der Waals surface area contributed by atoms with Crippen molar-refractivity contribution < 1.29 is 0 Å². The molecule has 0 aromatic carbocycles. The second-order valence-corrected chi connectivity index (χ2v) is 19.3. The molecule has 0 aromatic heterocycles. The molecule has 3 nitrogen and oxygen atoms in total. The zero-order valence-electron chi connectivity index (χ0n) is 32.1. The second-order valence-electron chi connectivity index (χ2n) is 19.3. The van der Waals surface area contributed by atoms with Crippen LogP contribution in [-0.4, -0.2) is 24.1 Å². The van der Waals surface area contributed by atoms with Gasteiger partial charge in [-0.05, 0) is 86.9 Å². The molecule has 0 amide bonds. The van der Waals surface area contributed by atoms with Gasteiger partial charge in [0.05, 0.1) is 0 Å². The van der Waals surface area contributed by atoms with E-state index in [-0.39, 0.29) is 0 Å². The first kappa shape index (κ1) is 45.3. The number of rotatable bonds is 3. The monoisotopic (exact) mass is 556 g/mol. The van der Waals surface area contributed by atoms with Crippen LogP contribution in [0, 0.1) is 32.5 Å². The molecule has 0 bridgehead atoms. The van der Waals surface area contributed by atoms with Gasteiger partial charge in [0.15, 0.2) is 5.96 Å². The topological polar surface area (TPSA) is 36.4 Å². The highest BCUT2D eigenvalue weighted by Crippen LogP contribution is 2.36. The van der Waals surface area contributed by atoms with E-state index in [9.17, 15) is 0 Å². The first-order chi connectivity index (χ1) is 16.6. The Morgan fingerprint density at radius 1 is 0.436 bits per heavy atom. The number of hydrogen-bond acceptors (Lipinski definition) is 1. The molecule has 0 saturated heterocycles. The van der Waals surface area contributed by atoms with Crippen LogP contribution in [0.1, 0.15) is 179 Å². The molecule has 240 valence electrons. The number of nitrogens with one attached hydrogen (secondary N) is 2. The minimum atomic E-state index is 0.326. The van der Waals surface area contributed by atoms with Crippen molar-refractivity contribution in [2.45, 2.75) is 197 Å². The average molecular weight is 556 g/mol. The van der Waals surface area contributed by atoms with Crippen molar-refractivity contribution in [1.82, 2.24) is 10.6 Å². The van der Waals surface area contributed by atoms with Gasteiger partial charge in [-0.15, -0.1) is 0 Å². The molecular weight excluding hydrogens is 474 g/mol. The lowest BCUT2D eigenvalue weighted by Gasteiger charge is -2.34. The lowest BCUT2D eigenvalue weighted by molar-refractivity contribution is 0.157. The van der Waals surface area contributed by atoms with E-state index in [1.54, 1.807) is 0 Å². The summed E-state index contributed by atoms with van der Waals surface area (Å²) in [6.45, 7) is 53.7. The average Bonchev–Trinajstić information content (AvgIpc) is 2.44. The van der Waals surface area contributed by atoms with E-state index in [4.69, 9.17) is 0 Å². The number of nitrogens with zero attached hydrogens (tertiary/aromatic N) is 1. The highest BCUT2D eigenvalue weighted by molar-refractivity contribution is 5.80. The van der Waals surface area contributed by atoms with Crippen LogP contribution in [-0.2, 0) is 0 Å². The molecule has 0 spiro atoms. The van der Waals surface area contributed by atoms with Crippen LogP contribution >= 0.6 is 0 Å². The van der Waals surface area contributed by atoms with Gasteiger partial charge in [0.1, 0.15) is 0 Å². The molecule has 0 aliphatic rings. The molecule has 0 heterocycles. The highest BCUT2D eigenvalue weighted by Gasteiger charge is 2.27. The van der Waals surface area contributed by atoms with E-state index in [0.29, 0.717) is 50.6 Å². The molecule has 0 unspecified atom stereocenters. The molecule has 0 saturated carbocycles. The Bertz CT molecular complexity index is 537. The fourth-order valence-electron chi connectivity index (χ4n) is 4.10. The molecular formula is C36H81N3. The largest absolute Gasteiger partial charge is 0.354 e. The molecule has 2 N–H and O–H groups in total. The van der Waals surface area contributed by atoms with Gasteiger partial charge in [0.25, 0.3) is 0 Å². The number of hydrogen-bond donors (Lipinski definition) is 2. The first-order valence-corrected chi connectivity index (χ1v) is 15.7. The molecule has 0 atom stereocenters. The number of guanidine groups is 1. The van der Waals surface area contributed by atoms with Crippen LogP contribution in [0.3, 0.4) is 0 Å². The number of aliphatic imine (C=N–C) groups is 1.